The number of carbonyl (C=O) groups excluding carboxylic acids is 1. The summed E-state index contributed by atoms with van der Waals surface area (Å²) in [5.74, 6) is 0.644. The number of carbonyl (C=O) groups is 1. The number of nitrogens with zero attached hydrogens (tertiary/aromatic N) is 1. The Labute approximate surface area is 198 Å². The molecular formula is C25H25FN2O5S. The molecule has 1 unspecified atom stereocenters. The maximum Gasteiger partial charge on any atom is 0.251 e. The number of halogens is 1. The van der Waals surface area contributed by atoms with Gasteiger partial charge in [0.2, 0.25) is 10.0 Å². The van der Waals surface area contributed by atoms with E-state index < -0.39 is 15.8 Å². The maximum atomic E-state index is 13.2. The summed E-state index contributed by atoms with van der Waals surface area (Å²) in [5.41, 5.74) is 2.31. The van der Waals surface area contributed by atoms with Crippen LogP contribution in [0.3, 0.4) is 0 Å². The topological polar surface area (TPSA) is 84.9 Å². The van der Waals surface area contributed by atoms with Crippen LogP contribution in [-0.2, 0) is 16.6 Å². The van der Waals surface area contributed by atoms with Crippen LogP contribution in [0.5, 0.6) is 11.5 Å². The molecule has 0 bridgehead atoms. The van der Waals surface area contributed by atoms with Crippen molar-refractivity contribution in [3.05, 3.63) is 89.2 Å². The van der Waals surface area contributed by atoms with Gasteiger partial charge in [0, 0.05) is 5.56 Å². The molecule has 0 aromatic heterocycles. The minimum absolute atomic E-state index is 0.0474. The van der Waals surface area contributed by atoms with E-state index in [1.165, 1.54) is 28.6 Å². The number of anilines is 1. The molecule has 1 heterocycles. The summed E-state index contributed by atoms with van der Waals surface area (Å²) in [6.07, 6.45) is 1.10. The van der Waals surface area contributed by atoms with Crippen molar-refractivity contribution in [3.63, 3.8) is 0 Å². The molecule has 1 amide bonds. The van der Waals surface area contributed by atoms with E-state index in [2.05, 4.69) is 5.32 Å². The van der Waals surface area contributed by atoms with E-state index >= 15 is 0 Å². The van der Waals surface area contributed by atoms with E-state index in [-0.39, 0.29) is 18.5 Å². The van der Waals surface area contributed by atoms with Crippen molar-refractivity contribution in [1.82, 2.24) is 5.32 Å². The first-order valence-electron chi connectivity index (χ1n) is 10.7. The average Bonchev–Trinajstić information content (AvgIpc) is 2.82. The summed E-state index contributed by atoms with van der Waals surface area (Å²) in [4.78, 5) is 12.8. The Hall–Kier alpha value is -3.59. The predicted molar refractivity (Wildman–Crippen MR) is 127 cm³/mol. The molecule has 1 aliphatic rings. The molecule has 1 N–H and O–H groups in total. The van der Waals surface area contributed by atoms with E-state index in [1.807, 2.05) is 25.1 Å². The maximum absolute atomic E-state index is 13.2. The Morgan fingerprint density at radius 2 is 1.65 bits per heavy atom. The molecule has 7 nitrogen and oxygen atoms in total. The number of hydrogen-bond acceptors (Lipinski definition) is 5. The van der Waals surface area contributed by atoms with Crippen molar-refractivity contribution < 1.29 is 27.1 Å². The molecule has 1 atom stereocenters. The second-order valence-corrected chi connectivity index (χ2v) is 9.95. The number of sulfonamides is 1. The van der Waals surface area contributed by atoms with Crippen LogP contribution in [0, 0.1) is 5.82 Å². The second-order valence-electron chi connectivity index (χ2n) is 8.04. The van der Waals surface area contributed by atoms with Gasteiger partial charge in [-0.1, -0.05) is 18.2 Å². The summed E-state index contributed by atoms with van der Waals surface area (Å²) >= 11 is 0. The molecule has 0 saturated carbocycles. The van der Waals surface area contributed by atoms with Gasteiger partial charge in [0.15, 0.2) is 11.5 Å². The van der Waals surface area contributed by atoms with Gasteiger partial charge < -0.3 is 14.8 Å². The smallest absolute Gasteiger partial charge is 0.251 e. The van der Waals surface area contributed by atoms with E-state index in [0.29, 0.717) is 41.5 Å². The number of hydrogen-bond donors (Lipinski definition) is 1. The minimum Gasteiger partial charge on any atom is -0.486 e. The number of benzene rings is 3. The summed E-state index contributed by atoms with van der Waals surface area (Å²) in [7, 11) is -3.61. The molecule has 34 heavy (non-hydrogen) atoms. The standard InChI is InChI=1S/C25H25FN2O5S/c1-17(20-7-12-23-24(15-20)33-14-13-32-23)27-25(29)19-5-10-22(11-6-19)28(34(2,30)31)16-18-3-8-21(26)9-4-18/h3-12,15,17H,13-14,16H2,1-2H3,(H,27,29). The van der Waals surface area contributed by atoms with Crippen molar-refractivity contribution in [2.24, 2.45) is 0 Å². The Balaban J connectivity index is 1.47. The Bertz CT molecular complexity index is 1280. The van der Waals surface area contributed by atoms with E-state index in [1.54, 1.807) is 24.3 Å². The highest BCUT2D eigenvalue weighted by Crippen LogP contribution is 2.32. The highest BCUT2D eigenvalue weighted by atomic mass is 32.2. The zero-order valence-corrected chi connectivity index (χ0v) is 19.6. The molecule has 0 spiro atoms. The summed E-state index contributed by atoms with van der Waals surface area (Å²) in [6.45, 7) is 2.90. The van der Waals surface area contributed by atoms with Crippen LogP contribution in [-0.4, -0.2) is 33.8 Å². The second kappa shape index (κ2) is 9.72. The lowest BCUT2D eigenvalue weighted by atomic mass is 10.1. The zero-order chi connectivity index (χ0) is 24.3. The van der Waals surface area contributed by atoms with Gasteiger partial charge >= 0.3 is 0 Å². The fourth-order valence-corrected chi connectivity index (χ4v) is 4.52. The van der Waals surface area contributed by atoms with Crippen LogP contribution >= 0.6 is 0 Å². The van der Waals surface area contributed by atoms with Crippen molar-refractivity contribution in [3.8, 4) is 11.5 Å². The van der Waals surface area contributed by atoms with Gasteiger partial charge in [0.05, 0.1) is 24.5 Å². The third-order valence-corrected chi connectivity index (χ3v) is 6.61. The van der Waals surface area contributed by atoms with Gasteiger partial charge in [0.1, 0.15) is 19.0 Å². The third kappa shape index (κ3) is 5.48. The van der Waals surface area contributed by atoms with Crippen LogP contribution < -0.4 is 19.1 Å². The largest absolute Gasteiger partial charge is 0.486 e. The number of nitrogens with one attached hydrogen (secondary N) is 1. The van der Waals surface area contributed by atoms with Crippen molar-refractivity contribution in [2.75, 3.05) is 23.8 Å². The van der Waals surface area contributed by atoms with Crippen molar-refractivity contribution in [2.45, 2.75) is 19.5 Å². The van der Waals surface area contributed by atoms with E-state index in [0.717, 1.165) is 11.8 Å². The first-order valence-corrected chi connectivity index (χ1v) is 12.6. The van der Waals surface area contributed by atoms with Gasteiger partial charge in [-0.05, 0) is 66.6 Å². The molecule has 178 valence electrons. The van der Waals surface area contributed by atoms with Gasteiger partial charge in [-0.2, -0.15) is 0 Å². The highest BCUT2D eigenvalue weighted by molar-refractivity contribution is 7.92. The number of rotatable bonds is 7. The van der Waals surface area contributed by atoms with Crippen LogP contribution in [0.15, 0.2) is 66.7 Å². The lowest BCUT2D eigenvalue weighted by Gasteiger charge is -2.23. The third-order valence-electron chi connectivity index (χ3n) is 5.47. The molecule has 0 fully saturated rings. The van der Waals surface area contributed by atoms with E-state index in [4.69, 9.17) is 9.47 Å². The highest BCUT2D eigenvalue weighted by Gasteiger charge is 2.20. The lowest BCUT2D eigenvalue weighted by Crippen LogP contribution is -2.29. The molecule has 0 saturated heterocycles. The van der Waals surface area contributed by atoms with Gasteiger partial charge in [-0.25, -0.2) is 12.8 Å². The Morgan fingerprint density at radius 3 is 2.29 bits per heavy atom. The van der Waals surface area contributed by atoms with Crippen molar-refractivity contribution in [1.29, 1.82) is 0 Å². The Morgan fingerprint density at radius 1 is 1.00 bits per heavy atom. The zero-order valence-electron chi connectivity index (χ0n) is 18.8. The first-order chi connectivity index (χ1) is 16.2. The predicted octanol–water partition coefficient (Wildman–Crippen LogP) is 4.05. The van der Waals surface area contributed by atoms with E-state index in [9.17, 15) is 17.6 Å². The molecule has 3 aromatic rings. The minimum atomic E-state index is -3.61. The molecule has 0 radical (unpaired) electrons. The van der Waals surface area contributed by atoms with Crippen LogP contribution in [0.25, 0.3) is 0 Å². The SMILES string of the molecule is CC(NC(=O)c1ccc(N(Cc2ccc(F)cc2)S(C)(=O)=O)cc1)c1ccc2c(c1)OCCO2. The number of fused-ring (bicyclic) bond motifs is 1. The monoisotopic (exact) mass is 484 g/mol. The molecular weight excluding hydrogens is 459 g/mol. The summed E-state index contributed by atoms with van der Waals surface area (Å²) in [5, 5.41) is 2.94. The summed E-state index contributed by atoms with van der Waals surface area (Å²) in [6, 6.07) is 17.2. The van der Waals surface area contributed by atoms with Crippen LogP contribution in [0.4, 0.5) is 10.1 Å². The average molecular weight is 485 g/mol. The van der Waals surface area contributed by atoms with Gasteiger partial charge in [0.25, 0.3) is 5.91 Å². The fraction of sp³-hybridized carbons (Fsp3) is 0.240. The lowest BCUT2D eigenvalue weighted by molar-refractivity contribution is 0.0939. The first kappa shape index (κ1) is 23.6. The van der Waals surface area contributed by atoms with Gasteiger partial charge in [-0.15, -0.1) is 0 Å². The molecule has 9 heteroatoms. The van der Waals surface area contributed by atoms with Crippen molar-refractivity contribution >= 4 is 21.6 Å². The molecule has 0 aliphatic carbocycles. The Kier molecular flexibility index (Phi) is 6.74. The number of amides is 1. The van der Waals surface area contributed by atoms with Gasteiger partial charge in [-0.3, -0.25) is 9.10 Å². The molecule has 4 rings (SSSR count). The quantitative estimate of drug-likeness (QED) is 0.547. The summed E-state index contributed by atoms with van der Waals surface area (Å²) < 4.78 is 50.3. The fourth-order valence-electron chi connectivity index (χ4n) is 3.63. The van der Waals surface area contributed by atoms with Crippen LogP contribution in [0.2, 0.25) is 0 Å². The normalized spacial score (nSPS) is 13.7. The van der Waals surface area contributed by atoms with Crippen LogP contribution in [0.1, 0.15) is 34.5 Å². The number of ether oxygens (including phenoxy) is 2. The molecule has 1 aliphatic heterocycles. The molecule has 3 aromatic carbocycles.